The Morgan fingerprint density at radius 3 is 2.41 bits per heavy atom. The summed E-state index contributed by atoms with van der Waals surface area (Å²) in [7, 11) is 3.41. The van der Waals surface area contributed by atoms with E-state index in [2.05, 4.69) is 11.6 Å². The molecule has 0 atom stereocenters. The van der Waals surface area contributed by atoms with Crippen LogP contribution in [-0.2, 0) is 6.18 Å². The average Bonchev–Trinajstić information content (AvgIpc) is 2.35. The molecule has 8 heteroatoms. The summed E-state index contributed by atoms with van der Waals surface area (Å²) in [6.45, 7) is 5.51. The van der Waals surface area contributed by atoms with E-state index >= 15 is 0 Å². The Balaban J connectivity index is 3.37. The van der Waals surface area contributed by atoms with Gasteiger partial charge in [-0.2, -0.15) is 13.2 Å². The number of benzene rings is 1. The van der Waals surface area contributed by atoms with Gasteiger partial charge in [0.15, 0.2) is 0 Å². The highest BCUT2D eigenvalue weighted by molar-refractivity contribution is 5.86. The molecule has 0 fully saturated rings. The molecule has 1 aromatic carbocycles. The molecule has 0 amide bonds. The Morgan fingerprint density at radius 1 is 1.41 bits per heavy atom. The fourth-order valence-corrected chi connectivity index (χ4v) is 1.70. The number of rotatable bonds is 4. The molecule has 0 spiro atoms. The predicted octanol–water partition coefficient (Wildman–Crippen LogP) is 4.17. The second-order valence-electron chi connectivity index (χ2n) is 5.01. The molecule has 0 aromatic heterocycles. The minimum atomic E-state index is -4.82. The van der Waals surface area contributed by atoms with E-state index in [1.54, 1.807) is 25.9 Å². The molecule has 0 saturated heterocycles. The molecule has 0 unspecified atom stereocenters. The van der Waals surface area contributed by atoms with Gasteiger partial charge in [-0.15, -0.1) is 0 Å². The fraction of sp³-hybridized carbons (Fsp3) is 0.357. The van der Waals surface area contributed by atoms with Crippen molar-refractivity contribution in [1.29, 1.82) is 0 Å². The number of alkyl halides is 3. The molecule has 0 N–H and O–H groups in total. The number of nitrogens with zero attached hydrogens (tertiary/aromatic N) is 3. The smallest absolute Gasteiger partial charge is 0.366 e. The van der Waals surface area contributed by atoms with Crippen LogP contribution in [0.25, 0.3) is 0 Å². The second kappa shape index (κ2) is 6.59. The van der Waals surface area contributed by atoms with Gasteiger partial charge < -0.3 is 4.90 Å². The fourth-order valence-electron chi connectivity index (χ4n) is 1.70. The van der Waals surface area contributed by atoms with E-state index in [9.17, 15) is 23.3 Å². The molecule has 0 aliphatic heterocycles. The summed E-state index contributed by atoms with van der Waals surface area (Å²) in [5.74, 6) is 0.509. The number of aliphatic imine (C=N–C) groups is 1. The SMILES string of the molecule is C=C(C)CC(=Nc1ccc([N+](=O)[O-])c(C(F)(F)F)c1)N(C)C. The molecule has 1 aromatic rings. The van der Waals surface area contributed by atoms with Crippen molar-refractivity contribution >= 4 is 17.2 Å². The number of hydrogen-bond donors (Lipinski definition) is 0. The number of amidine groups is 1. The maximum absolute atomic E-state index is 12.9. The van der Waals surface area contributed by atoms with Crippen molar-refractivity contribution in [1.82, 2.24) is 4.90 Å². The van der Waals surface area contributed by atoms with E-state index in [0.29, 0.717) is 18.3 Å². The van der Waals surface area contributed by atoms with Gasteiger partial charge in [0.2, 0.25) is 0 Å². The van der Waals surface area contributed by atoms with Crippen LogP contribution >= 0.6 is 0 Å². The number of nitro groups is 1. The summed E-state index contributed by atoms with van der Waals surface area (Å²) < 4.78 is 38.8. The van der Waals surface area contributed by atoms with Gasteiger partial charge in [-0.1, -0.05) is 12.2 Å². The Kier molecular flexibility index (Phi) is 5.29. The lowest BCUT2D eigenvalue weighted by Crippen LogP contribution is -2.21. The van der Waals surface area contributed by atoms with Crippen molar-refractivity contribution in [2.24, 2.45) is 4.99 Å². The van der Waals surface area contributed by atoms with E-state index in [1.165, 1.54) is 6.07 Å². The van der Waals surface area contributed by atoms with Crippen LogP contribution in [-0.4, -0.2) is 29.8 Å². The first kappa shape index (κ1) is 17.7. The van der Waals surface area contributed by atoms with Crippen LogP contribution in [0.1, 0.15) is 18.9 Å². The Labute approximate surface area is 125 Å². The molecule has 0 aliphatic rings. The van der Waals surface area contributed by atoms with Crippen molar-refractivity contribution < 1.29 is 18.1 Å². The summed E-state index contributed by atoms with van der Waals surface area (Å²) in [6.07, 6.45) is -4.42. The van der Waals surface area contributed by atoms with Crippen molar-refractivity contribution in [2.45, 2.75) is 19.5 Å². The van der Waals surface area contributed by atoms with E-state index in [1.807, 2.05) is 0 Å². The third kappa shape index (κ3) is 4.57. The molecule has 0 radical (unpaired) electrons. The maximum atomic E-state index is 12.9. The monoisotopic (exact) mass is 315 g/mol. The zero-order valence-electron chi connectivity index (χ0n) is 12.4. The van der Waals surface area contributed by atoms with Gasteiger partial charge in [-0.25, -0.2) is 4.99 Å². The first-order chi connectivity index (χ1) is 10.0. The molecule has 0 saturated carbocycles. The van der Waals surface area contributed by atoms with Crippen molar-refractivity contribution in [3.05, 3.63) is 46.0 Å². The number of hydrogen-bond acceptors (Lipinski definition) is 3. The van der Waals surface area contributed by atoms with Gasteiger partial charge in [-0.3, -0.25) is 10.1 Å². The first-order valence-electron chi connectivity index (χ1n) is 6.27. The van der Waals surface area contributed by atoms with Gasteiger partial charge in [0.1, 0.15) is 11.4 Å². The van der Waals surface area contributed by atoms with E-state index < -0.39 is 22.4 Å². The summed E-state index contributed by atoms with van der Waals surface area (Å²) in [5, 5.41) is 10.7. The average molecular weight is 315 g/mol. The van der Waals surface area contributed by atoms with Gasteiger partial charge >= 0.3 is 6.18 Å². The van der Waals surface area contributed by atoms with Crippen LogP contribution in [0, 0.1) is 10.1 Å². The second-order valence-corrected chi connectivity index (χ2v) is 5.01. The highest BCUT2D eigenvalue weighted by Gasteiger charge is 2.38. The highest BCUT2D eigenvalue weighted by atomic mass is 19.4. The lowest BCUT2D eigenvalue weighted by Gasteiger charge is -2.16. The topological polar surface area (TPSA) is 58.7 Å². The molecule has 0 aliphatic carbocycles. The van der Waals surface area contributed by atoms with E-state index in [-0.39, 0.29) is 5.69 Å². The Bertz CT molecular complexity index is 622. The van der Waals surface area contributed by atoms with Crippen LogP contribution in [0.3, 0.4) is 0 Å². The molecule has 0 heterocycles. The largest absolute Gasteiger partial charge is 0.423 e. The quantitative estimate of drug-likeness (QED) is 0.275. The minimum absolute atomic E-state index is 0.00266. The molecule has 5 nitrogen and oxygen atoms in total. The van der Waals surface area contributed by atoms with Gasteiger partial charge in [-0.05, 0) is 19.1 Å². The van der Waals surface area contributed by atoms with E-state index in [4.69, 9.17) is 0 Å². The zero-order chi connectivity index (χ0) is 17.1. The summed E-state index contributed by atoms with van der Waals surface area (Å²) >= 11 is 0. The zero-order valence-corrected chi connectivity index (χ0v) is 12.4. The molecule has 120 valence electrons. The minimum Gasteiger partial charge on any atom is -0.366 e. The molecule has 0 bridgehead atoms. The number of nitro benzene ring substituents is 1. The first-order valence-corrected chi connectivity index (χ1v) is 6.27. The van der Waals surface area contributed by atoms with E-state index in [0.717, 1.165) is 11.6 Å². The Morgan fingerprint density at radius 2 is 2.00 bits per heavy atom. The lowest BCUT2D eigenvalue weighted by molar-refractivity contribution is -0.388. The molecular formula is C14H16F3N3O2. The van der Waals surface area contributed by atoms with Crippen LogP contribution in [0.5, 0.6) is 0 Å². The predicted molar refractivity (Wildman–Crippen MR) is 78.3 cm³/mol. The highest BCUT2D eigenvalue weighted by Crippen LogP contribution is 2.38. The molecule has 22 heavy (non-hydrogen) atoms. The lowest BCUT2D eigenvalue weighted by atomic mass is 10.1. The van der Waals surface area contributed by atoms with Crippen LogP contribution in [0.4, 0.5) is 24.5 Å². The molecular weight excluding hydrogens is 299 g/mol. The Hall–Kier alpha value is -2.38. The normalized spacial score (nSPS) is 12.2. The standard InChI is InChI=1S/C14H16F3N3O2/c1-9(2)7-13(19(3)4)18-10-5-6-12(20(21)22)11(8-10)14(15,16)17/h5-6,8H,1,7H2,2-4H3. The van der Waals surface area contributed by atoms with Crippen LogP contribution in [0.15, 0.2) is 35.3 Å². The van der Waals surface area contributed by atoms with Crippen molar-refractivity contribution in [3.8, 4) is 0 Å². The van der Waals surface area contributed by atoms with Crippen LogP contribution < -0.4 is 0 Å². The van der Waals surface area contributed by atoms with Gasteiger partial charge in [0, 0.05) is 26.6 Å². The van der Waals surface area contributed by atoms with Gasteiger partial charge in [0.05, 0.1) is 10.6 Å². The number of halogens is 3. The van der Waals surface area contributed by atoms with Crippen molar-refractivity contribution in [2.75, 3.05) is 14.1 Å². The third-order valence-corrected chi connectivity index (χ3v) is 2.72. The third-order valence-electron chi connectivity index (χ3n) is 2.72. The van der Waals surface area contributed by atoms with Crippen molar-refractivity contribution in [3.63, 3.8) is 0 Å². The maximum Gasteiger partial charge on any atom is 0.423 e. The summed E-state index contributed by atoms with van der Waals surface area (Å²) in [6, 6.07) is 2.69. The van der Waals surface area contributed by atoms with Crippen LogP contribution in [0.2, 0.25) is 0 Å². The summed E-state index contributed by atoms with van der Waals surface area (Å²) in [4.78, 5) is 15.4. The van der Waals surface area contributed by atoms with Gasteiger partial charge in [0.25, 0.3) is 5.69 Å². The molecule has 1 rings (SSSR count). The summed E-state index contributed by atoms with van der Waals surface area (Å²) in [5.41, 5.74) is -1.50.